The van der Waals surface area contributed by atoms with Gasteiger partial charge in [0.1, 0.15) is 11.6 Å². The molecular weight excluding hydrogens is 457 g/mol. The van der Waals surface area contributed by atoms with Crippen LogP contribution in [0.15, 0.2) is 47.0 Å². The van der Waals surface area contributed by atoms with Gasteiger partial charge in [-0.2, -0.15) is 4.98 Å². The highest BCUT2D eigenvalue weighted by Gasteiger charge is 2.30. The lowest BCUT2D eigenvalue weighted by Gasteiger charge is -2.14. The van der Waals surface area contributed by atoms with Crippen molar-refractivity contribution in [2.24, 2.45) is 5.92 Å². The van der Waals surface area contributed by atoms with Crippen molar-refractivity contribution in [2.45, 2.75) is 38.3 Å². The third kappa shape index (κ3) is 5.72. The predicted octanol–water partition coefficient (Wildman–Crippen LogP) is 3.08. The maximum atomic E-state index is 14.6. The van der Waals surface area contributed by atoms with E-state index in [-0.39, 0.29) is 29.0 Å². The number of carbonyl (C=O) groups excluding carboxylic acids is 2. The summed E-state index contributed by atoms with van der Waals surface area (Å²) in [6, 6.07) is 9.89. The van der Waals surface area contributed by atoms with Crippen LogP contribution in [0.4, 0.5) is 4.39 Å². The second kappa shape index (κ2) is 10.7. The highest BCUT2D eigenvalue weighted by atomic mass is 19.1. The first kappa shape index (κ1) is 24.5. The van der Waals surface area contributed by atoms with Crippen molar-refractivity contribution in [3.05, 3.63) is 65.3 Å². The van der Waals surface area contributed by atoms with Crippen molar-refractivity contribution in [2.75, 3.05) is 13.2 Å². The summed E-state index contributed by atoms with van der Waals surface area (Å²) >= 11 is 0. The minimum absolute atomic E-state index is 0.127. The Labute approximate surface area is 200 Å². The lowest BCUT2D eigenvalue weighted by atomic mass is 10.1. The topological polar surface area (TPSA) is 135 Å². The van der Waals surface area contributed by atoms with Gasteiger partial charge in [0.05, 0.1) is 24.8 Å². The molecule has 1 atom stereocenters. The zero-order valence-corrected chi connectivity index (χ0v) is 19.1. The second-order valence-corrected chi connectivity index (χ2v) is 8.36. The Hall–Kier alpha value is -3.63. The number of halogens is 1. The van der Waals surface area contributed by atoms with E-state index in [9.17, 15) is 14.0 Å². The van der Waals surface area contributed by atoms with Crippen LogP contribution in [0.1, 0.15) is 58.9 Å². The van der Waals surface area contributed by atoms with Crippen LogP contribution in [0.2, 0.25) is 0 Å². The van der Waals surface area contributed by atoms with E-state index < -0.39 is 37.1 Å². The molecule has 1 aliphatic rings. The van der Waals surface area contributed by atoms with Crippen molar-refractivity contribution in [1.29, 1.82) is 0 Å². The van der Waals surface area contributed by atoms with E-state index in [1.54, 1.807) is 24.3 Å². The lowest BCUT2D eigenvalue weighted by Crippen LogP contribution is -2.40. The van der Waals surface area contributed by atoms with Gasteiger partial charge in [-0.3, -0.25) is 9.59 Å². The first-order valence-corrected chi connectivity index (χ1v) is 11.4. The third-order valence-electron chi connectivity index (χ3n) is 5.70. The number of benzene rings is 2. The Morgan fingerprint density at radius 3 is 2.49 bits per heavy atom. The molecule has 3 N–H and O–H groups in total. The van der Waals surface area contributed by atoms with E-state index in [0.29, 0.717) is 23.3 Å². The molecular formula is C25H26FN3O6. The number of rotatable bonds is 11. The second-order valence-electron chi connectivity index (χ2n) is 8.36. The van der Waals surface area contributed by atoms with Crippen LogP contribution in [0.3, 0.4) is 0 Å². The minimum atomic E-state index is -0.887. The van der Waals surface area contributed by atoms with Crippen LogP contribution in [0.5, 0.6) is 5.75 Å². The highest BCUT2D eigenvalue weighted by molar-refractivity contribution is 5.99. The van der Waals surface area contributed by atoms with Crippen molar-refractivity contribution < 1.29 is 33.5 Å². The quantitative estimate of drug-likeness (QED) is 0.354. The first-order valence-electron chi connectivity index (χ1n) is 11.4. The molecule has 10 heteroatoms. The minimum Gasteiger partial charge on any atom is -0.481 e. The van der Waals surface area contributed by atoms with E-state index in [2.05, 4.69) is 15.5 Å². The summed E-state index contributed by atoms with van der Waals surface area (Å²) in [5.74, 6) is -0.394. The molecule has 3 aromatic rings. The standard InChI is InChI=1S/C25H26FN3O6/c1-2-21(34-18-8-5-15(6-9-18)22(32)14-3-4-14)25-28-23(29-35-25)16-7-10-19(20(26)11-16)24(33)27-17(12-30)13-31/h5-11,14,17,21,30-31H,2-4,12-13H2,1H3,(H,27,33)/t21-/m1/s1. The summed E-state index contributed by atoms with van der Waals surface area (Å²) in [5.41, 5.74) is 0.714. The zero-order chi connectivity index (χ0) is 24.9. The summed E-state index contributed by atoms with van der Waals surface area (Å²) < 4.78 is 25.9. The molecule has 4 rings (SSSR count). The SMILES string of the molecule is CC[C@@H](Oc1ccc(C(=O)C2CC2)cc1)c1nc(-c2ccc(C(=O)NC(CO)CO)c(F)c2)no1. The average molecular weight is 483 g/mol. The number of amides is 1. The van der Waals surface area contributed by atoms with Gasteiger partial charge in [0, 0.05) is 17.0 Å². The van der Waals surface area contributed by atoms with Crippen LogP contribution < -0.4 is 10.1 Å². The van der Waals surface area contributed by atoms with Crippen LogP contribution in [-0.4, -0.2) is 51.3 Å². The molecule has 2 aromatic carbocycles. The number of hydrogen-bond donors (Lipinski definition) is 3. The molecule has 1 heterocycles. The van der Waals surface area contributed by atoms with Crippen LogP contribution in [0.25, 0.3) is 11.4 Å². The molecule has 35 heavy (non-hydrogen) atoms. The fourth-order valence-corrected chi connectivity index (χ4v) is 3.49. The molecule has 0 radical (unpaired) electrons. The number of Topliss-reactive ketones (excluding diaryl/α,β-unsaturated/α-hetero) is 1. The van der Waals surface area contributed by atoms with Crippen molar-refractivity contribution in [3.63, 3.8) is 0 Å². The van der Waals surface area contributed by atoms with Gasteiger partial charge >= 0.3 is 0 Å². The normalized spacial score (nSPS) is 14.1. The molecule has 1 aromatic heterocycles. The predicted molar refractivity (Wildman–Crippen MR) is 122 cm³/mol. The average Bonchev–Trinajstić information content (AvgIpc) is 3.62. The van der Waals surface area contributed by atoms with Crippen LogP contribution in [0, 0.1) is 11.7 Å². The molecule has 1 saturated carbocycles. The van der Waals surface area contributed by atoms with Gasteiger partial charge < -0.3 is 24.8 Å². The van der Waals surface area contributed by atoms with Crippen molar-refractivity contribution >= 4 is 11.7 Å². The number of aliphatic hydroxyl groups is 2. The molecule has 1 aliphatic carbocycles. The van der Waals surface area contributed by atoms with Crippen LogP contribution in [-0.2, 0) is 0 Å². The summed E-state index contributed by atoms with van der Waals surface area (Å²) in [6.07, 6.45) is 1.86. The molecule has 1 amide bonds. The Bertz CT molecular complexity index is 1190. The number of ether oxygens (including phenoxy) is 1. The van der Waals surface area contributed by atoms with Crippen molar-refractivity contribution in [3.8, 4) is 17.1 Å². The number of nitrogens with one attached hydrogen (secondary N) is 1. The smallest absolute Gasteiger partial charge is 0.268 e. The zero-order valence-electron chi connectivity index (χ0n) is 19.1. The number of nitrogens with zero attached hydrogens (tertiary/aromatic N) is 2. The number of aliphatic hydroxyl groups excluding tert-OH is 2. The fraction of sp³-hybridized carbons (Fsp3) is 0.360. The van der Waals surface area contributed by atoms with E-state index in [0.717, 1.165) is 18.9 Å². The summed E-state index contributed by atoms with van der Waals surface area (Å²) in [4.78, 5) is 28.7. The van der Waals surface area contributed by atoms with E-state index in [1.165, 1.54) is 12.1 Å². The Morgan fingerprint density at radius 1 is 1.17 bits per heavy atom. The summed E-state index contributed by atoms with van der Waals surface area (Å²) in [7, 11) is 0. The Morgan fingerprint density at radius 2 is 1.89 bits per heavy atom. The maximum absolute atomic E-state index is 14.6. The third-order valence-corrected chi connectivity index (χ3v) is 5.70. The molecule has 1 fully saturated rings. The molecule has 9 nitrogen and oxygen atoms in total. The van der Waals surface area contributed by atoms with E-state index >= 15 is 0 Å². The molecule has 0 aliphatic heterocycles. The lowest BCUT2D eigenvalue weighted by molar-refractivity contribution is 0.0875. The van der Waals surface area contributed by atoms with Crippen LogP contribution >= 0.6 is 0 Å². The maximum Gasteiger partial charge on any atom is 0.268 e. The summed E-state index contributed by atoms with van der Waals surface area (Å²) in [6.45, 7) is 0.937. The van der Waals surface area contributed by atoms with Gasteiger partial charge in [-0.15, -0.1) is 0 Å². The highest BCUT2D eigenvalue weighted by Crippen LogP contribution is 2.33. The van der Waals surface area contributed by atoms with E-state index in [4.69, 9.17) is 19.5 Å². The number of hydrogen-bond acceptors (Lipinski definition) is 8. The van der Waals surface area contributed by atoms with Gasteiger partial charge in [0.15, 0.2) is 11.9 Å². The first-order chi connectivity index (χ1) is 16.9. The Balaban J connectivity index is 1.45. The van der Waals surface area contributed by atoms with Crippen molar-refractivity contribution in [1.82, 2.24) is 15.5 Å². The summed E-state index contributed by atoms with van der Waals surface area (Å²) in [5, 5.41) is 24.4. The molecule has 0 unspecified atom stereocenters. The number of carbonyl (C=O) groups is 2. The molecule has 0 bridgehead atoms. The van der Waals surface area contributed by atoms with Gasteiger partial charge in [-0.1, -0.05) is 18.1 Å². The number of ketones is 1. The van der Waals surface area contributed by atoms with Gasteiger partial charge in [-0.05, 0) is 55.7 Å². The monoisotopic (exact) mass is 483 g/mol. The van der Waals surface area contributed by atoms with Gasteiger partial charge in [-0.25, -0.2) is 4.39 Å². The fourth-order valence-electron chi connectivity index (χ4n) is 3.49. The van der Waals surface area contributed by atoms with Gasteiger partial charge in [0.2, 0.25) is 5.82 Å². The number of aromatic nitrogens is 2. The molecule has 0 spiro atoms. The molecule has 0 saturated heterocycles. The Kier molecular flexibility index (Phi) is 7.52. The molecule has 184 valence electrons. The van der Waals surface area contributed by atoms with Gasteiger partial charge in [0.25, 0.3) is 11.8 Å². The van der Waals surface area contributed by atoms with E-state index in [1.807, 2.05) is 6.92 Å². The largest absolute Gasteiger partial charge is 0.481 e.